The number of benzene rings is 1. The quantitative estimate of drug-likeness (QED) is 0.255. The molecule has 11 heteroatoms. The highest BCUT2D eigenvalue weighted by molar-refractivity contribution is 7.79. The Bertz CT molecular complexity index is 631. The molecule has 0 aliphatic carbocycles. The van der Waals surface area contributed by atoms with Crippen LogP contribution >= 0.6 is 0 Å². The minimum absolute atomic E-state index is 0.0206. The highest BCUT2D eigenvalue weighted by Crippen LogP contribution is 2.18. The topological polar surface area (TPSA) is 174 Å². The summed E-state index contributed by atoms with van der Waals surface area (Å²) in [5.74, 6) is -0.0206. The molecule has 0 saturated heterocycles. The molecule has 0 bridgehead atoms. The maximum Gasteiger partial charge on any atom is 0.394 e. The fourth-order valence-electron chi connectivity index (χ4n) is 1.48. The number of amides is 2. The van der Waals surface area contributed by atoms with Crippen molar-refractivity contribution >= 4 is 28.1 Å². The van der Waals surface area contributed by atoms with Gasteiger partial charge in [-0.15, -0.1) is 0 Å². The fraction of sp³-hybridized carbons (Fsp3) is 0.333. The highest BCUT2D eigenvalue weighted by Gasteiger charge is 2.07. The third-order valence-electron chi connectivity index (χ3n) is 2.34. The van der Waals surface area contributed by atoms with Crippen LogP contribution in [0.3, 0.4) is 0 Å². The number of aliphatic imine (C=N–C) groups is 1. The standard InChI is InChI=1S/C12H18N4O2.H2O4S/c1-8-4-3-5-9(2)10(8)15-12(18)16-11(13)14-6-7-17;1-5(2,3)4/h3-5,17H,6-7H2,1-2H3,(H4,13,14,15,16,18);(H2,1,2,3,4). The lowest BCUT2D eigenvalue weighted by molar-refractivity contribution is 0.256. The summed E-state index contributed by atoms with van der Waals surface area (Å²) in [4.78, 5) is 15.4. The Hall–Kier alpha value is -2.21. The van der Waals surface area contributed by atoms with Crippen LogP contribution in [0, 0.1) is 13.8 Å². The first kappa shape index (κ1) is 20.8. The molecule has 0 saturated carbocycles. The number of aryl methyl sites for hydroxylation is 2. The van der Waals surface area contributed by atoms with Crippen LogP contribution in [-0.4, -0.2) is 47.8 Å². The predicted molar refractivity (Wildman–Crippen MR) is 85.8 cm³/mol. The minimum Gasteiger partial charge on any atom is -0.394 e. The van der Waals surface area contributed by atoms with Crippen molar-refractivity contribution < 1.29 is 27.4 Å². The van der Waals surface area contributed by atoms with Crippen molar-refractivity contribution in [2.75, 3.05) is 18.5 Å². The van der Waals surface area contributed by atoms with Gasteiger partial charge in [0.1, 0.15) is 0 Å². The number of carbonyl (C=O) groups is 1. The predicted octanol–water partition coefficient (Wildman–Crippen LogP) is 0.0791. The summed E-state index contributed by atoms with van der Waals surface area (Å²) >= 11 is 0. The molecule has 0 spiro atoms. The van der Waals surface area contributed by atoms with Gasteiger partial charge in [0.05, 0.1) is 13.2 Å². The number of anilines is 1. The summed E-state index contributed by atoms with van der Waals surface area (Å²) in [5.41, 5.74) is 8.15. The van der Waals surface area contributed by atoms with E-state index in [1.165, 1.54) is 0 Å². The van der Waals surface area contributed by atoms with Crippen LogP contribution in [0.2, 0.25) is 0 Å². The molecule has 1 rings (SSSR count). The van der Waals surface area contributed by atoms with Gasteiger partial charge >= 0.3 is 16.4 Å². The number of carbonyl (C=O) groups excluding carboxylic acids is 1. The maximum absolute atomic E-state index is 11.6. The van der Waals surface area contributed by atoms with Crippen molar-refractivity contribution in [3.63, 3.8) is 0 Å². The summed E-state index contributed by atoms with van der Waals surface area (Å²) in [7, 11) is -4.67. The third-order valence-corrected chi connectivity index (χ3v) is 2.34. The number of hydrogen-bond acceptors (Lipinski definition) is 5. The molecule has 0 aliphatic rings. The van der Waals surface area contributed by atoms with E-state index in [0.717, 1.165) is 16.8 Å². The van der Waals surface area contributed by atoms with Crippen molar-refractivity contribution in [1.82, 2.24) is 5.32 Å². The first-order valence-electron chi connectivity index (χ1n) is 6.29. The average Bonchev–Trinajstić information content (AvgIpc) is 2.39. The van der Waals surface area contributed by atoms with E-state index in [2.05, 4.69) is 15.6 Å². The molecule has 1 aromatic carbocycles. The maximum atomic E-state index is 11.6. The normalized spacial score (nSPS) is 11.3. The lowest BCUT2D eigenvalue weighted by Gasteiger charge is -2.11. The number of para-hydroxylation sites is 1. The number of aliphatic hydroxyl groups excluding tert-OH is 1. The van der Waals surface area contributed by atoms with E-state index in [9.17, 15) is 4.79 Å². The lowest BCUT2D eigenvalue weighted by atomic mass is 10.1. The van der Waals surface area contributed by atoms with Gasteiger partial charge in [-0.3, -0.25) is 19.4 Å². The molecular formula is C12H20N4O6S. The summed E-state index contributed by atoms with van der Waals surface area (Å²) in [6, 6.07) is 5.29. The highest BCUT2D eigenvalue weighted by atomic mass is 32.3. The van der Waals surface area contributed by atoms with E-state index >= 15 is 0 Å². The molecule has 0 aromatic heterocycles. The van der Waals surface area contributed by atoms with E-state index in [4.69, 9.17) is 28.4 Å². The van der Waals surface area contributed by atoms with Crippen molar-refractivity contribution in [3.8, 4) is 0 Å². The van der Waals surface area contributed by atoms with Gasteiger partial charge in [0, 0.05) is 5.69 Å². The van der Waals surface area contributed by atoms with Gasteiger partial charge < -0.3 is 16.2 Å². The fourth-order valence-corrected chi connectivity index (χ4v) is 1.48. The van der Waals surface area contributed by atoms with Crippen molar-refractivity contribution in [3.05, 3.63) is 29.3 Å². The van der Waals surface area contributed by atoms with Crippen molar-refractivity contribution in [1.29, 1.82) is 0 Å². The minimum atomic E-state index is -4.67. The number of hydrogen-bond donors (Lipinski definition) is 6. The molecule has 0 atom stereocenters. The molecule has 10 nitrogen and oxygen atoms in total. The summed E-state index contributed by atoms with van der Waals surface area (Å²) in [6.07, 6.45) is 0. The summed E-state index contributed by atoms with van der Waals surface area (Å²) < 4.78 is 31.6. The molecule has 0 radical (unpaired) electrons. The van der Waals surface area contributed by atoms with Crippen LogP contribution < -0.4 is 16.4 Å². The number of rotatable bonds is 3. The molecule has 1 aromatic rings. The van der Waals surface area contributed by atoms with Gasteiger partial charge in [-0.2, -0.15) is 8.42 Å². The number of aliphatic hydroxyl groups is 1. The summed E-state index contributed by atoms with van der Waals surface area (Å²) in [5, 5.41) is 13.7. The molecule has 2 amide bonds. The van der Waals surface area contributed by atoms with Gasteiger partial charge in [-0.05, 0) is 25.0 Å². The number of nitrogens with two attached hydrogens (primary N) is 1. The number of urea groups is 1. The van der Waals surface area contributed by atoms with Gasteiger partial charge in [-0.1, -0.05) is 18.2 Å². The van der Waals surface area contributed by atoms with E-state index in [1.807, 2.05) is 32.0 Å². The van der Waals surface area contributed by atoms with E-state index < -0.39 is 16.4 Å². The Labute approximate surface area is 134 Å². The Morgan fingerprint density at radius 1 is 1.26 bits per heavy atom. The van der Waals surface area contributed by atoms with Crippen LogP contribution in [0.4, 0.5) is 10.5 Å². The van der Waals surface area contributed by atoms with Gasteiger partial charge in [0.25, 0.3) is 0 Å². The second-order valence-electron chi connectivity index (χ2n) is 4.28. The molecule has 0 heterocycles. The van der Waals surface area contributed by atoms with Crippen molar-refractivity contribution in [2.45, 2.75) is 13.8 Å². The van der Waals surface area contributed by atoms with Crippen LogP contribution in [0.5, 0.6) is 0 Å². The smallest absolute Gasteiger partial charge is 0.394 e. The van der Waals surface area contributed by atoms with Gasteiger partial charge in [-0.25, -0.2) is 4.79 Å². The first-order valence-corrected chi connectivity index (χ1v) is 7.69. The second-order valence-corrected chi connectivity index (χ2v) is 5.18. The second kappa shape index (κ2) is 9.74. The first-order chi connectivity index (χ1) is 10.5. The van der Waals surface area contributed by atoms with Crippen LogP contribution in [0.25, 0.3) is 0 Å². The third kappa shape index (κ3) is 11.1. The SMILES string of the molecule is Cc1cccc(C)c1NC(=O)NC(N)=NCCO.O=S(=O)(O)O. The molecule has 130 valence electrons. The van der Waals surface area contributed by atoms with E-state index in [-0.39, 0.29) is 19.1 Å². The molecular weight excluding hydrogens is 328 g/mol. The molecule has 0 aliphatic heterocycles. The zero-order chi connectivity index (χ0) is 18.0. The Kier molecular flexibility index (Phi) is 8.80. The largest absolute Gasteiger partial charge is 0.394 e. The van der Waals surface area contributed by atoms with Crippen molar-refractivity contribution in [2.24, 2.45) is 10.7 Å². The Morgan fingerprint density at radius 3 is 2.17 bits per heavy atom. The zero-order valence-corrected chi connectivity index (χ0v) is 13.5. The molecule has 0 fully saturated rings. The van der Waals surface area contributed by atoms with Crippen LogP contribution in [0.1, 0.15) is 11.1 Å². The lowest BCUT2D eigenvalue weighted by Crippen LogP contribution is -2.40. The Balaban J connectivity index is 0.000000841. The number of guanidine groups is 1. The molecule has 0 unspecified atom stereocenters. The molecule has 23 heavy (non-hydrogen) atoms. The van der Waals surface area contributed by atoms with Crippen LogP contribution in [0.15, 0.2) is 23.2 Å². The number of nitrogens with zero attached hydrogens (tertiary/aromatic N) is 1. The summed E-state index contributed by atoms with van der Waals surface area (Å²) in [6.45, 7) is 3.87. The van der Waals surface area contributed by atoms with E-state index in [1.54, 1.807) is 0 Å². The Morgan fingerprint density at radius 2 is 1.74 bits per heavy atom. The van der Waals surface area contributed by atoms with E-state index in [0.29, 0.717) is 0 Å². The average molecular weight is 348 g/mol. The monoisotopic (exact) mass is 348 g/mol. The van der Waals surface area contributed by atoms with Gasteiger partial charge in [0.2, 0.25) is 0 Å². The van der Waals surface area contributed by atoms with Crippen LogP contribution in [-0.2, 0) is 10.4 Å². The molecule has 7 N–H and O–H groups in total. The van der Waals surface area contributed by atoms with Gasteiger partial charge in [0.15, 0.2) is 5.96 Å². The number of nitrogens with one attached hydrogen (secondary N) is 2. The zero-order valence-electron chi connectivity index (χ0n) is 12.6.